The van der Waals surface area contributed by atoms with Crippen molar-refractivity contribution in [3.05, 3.63) is 24.3 Å². The van der Waals surface area contributed by atoms with Gasteiger partial charge in [0.05, 0.1) is 11.8 Å². The Kier molecular flexibility index (Phi) is 4.82. The van der Waals surface area contributed by atoms with Gasteiger partial charge in [0.2, 0.25) is 0 Å². The number of hydrogen-bond donors (Lipinski definition) is 2. The van der Waals surface area contributed by atoms with Crippen LogP contribution in [0.25, 0.3) is 0 Å². The first-order valence-electron chi connectivity index (χ1n) is 5.79. The molecule has 1 unspecified atom stereocenters. The first kappa shape index (κ1) is 13.4. The van der Waals surface area contributed by atoms with Gasteiger partial charge in [-0.2, -0.15) is 0 Å². The van der Waals surface area contributed by atoms with Gasteiger partial charge in [0, 0.05) is 0 Å². The Balaban J connectivity index is 2.85. The zero-order valence-electron chi connectivity index (χ0n) is 10.4. The van der Waals surface area contributed by atoms with Crippen LogP contribution in [0.3, 0.4) is 0 Å². The summed E-state index contributed by atoms with van der Waals surface area (Å²) in [4.78, 5) is 11.0. The summed E-state index contributed by atoms with van der Waals surface area (Å²) in [6.45, 7) is 5.70. The Morgan fingerprint density at radius 3 is 2.59 bits per heavy atom. The zero-order chi connectivity index (χ0) is 12.8. The molecule has 1 aromatic carbocycles. The molecule has 0 aromatic heterocycles. The van der Waals surface area contributed by atoms with Gasteiger partial charge in [0.1, 0.15) is 11.8 Å². The van der Waals surface area contributed by atoms with Gasteiger partial charge in [-0.05, 0) is 32.4 Å². The van der Waals surface area contributed by atoms with E-state index in [4.69, 9.17) is 9.84 Å². The highest BCUT2D eigenvalue weighted by Gasteiger charge is 2.16. The summed E-state index contributed by atoms with van der Waals surface area (Å²) < 4.78 is 5.62. The van der Waals surface area contributed by atoms with E-state index in [-0.39, 0.29) is 6.10 Å². The van der Waals surface area contributed by atoms with Crippen molar-refractivity contribution in [2.24, 2.45) is 0 Å². The molecule has 0 aliphatic rings. The van der Waals surface area contributed by atoms with Crippen LogP contribution >= 0.6 is 0 Å². The summed E-state index contributed by atoms with van der Waals surface area (Å²) >= 11 is 0. The molecular formula is C13H19NO3. The standard InChI is InChI=1S/C13H19NO3/c1-4-10(13(15)16)14-11-7-5-6-8-12(11)17-9(2)3/h5-10,14H,4H2,1-3H3,(H,15,16). The summed E-state index contributed by atoms with van der Waals surface area (Å²) in [5.41, 5.74) is 0.718. The molecule has 0 radical (unpaired) electrons. The summed E-state index contributed by atoms with van der Waals surface area (Å²) in [5.74, 6) is -0.172. The van der Waals surface area contributed by atoms with Gasteiger partial charge in [-0.3, -0.25) is 0 Å². The van der Waals surface area contributed by atoms with Crippen molar-refractivity contribution in [1.29, 1.82) is 0 Å². The van der Waals surface area contributed by atoms with E-state index in [9.17, 15) is 4.79 Å². The molecule has 1 aromatic rings. The fraction of sp³-hybridized carbons (Fsp3) is 0.462. The van der Waals surface area contributed by atoms with Crippen LogP contribution in [0.4, 0.5) is 5.69 Å². The van der Waals surface area contributed by atoms with Crippen LogP contribution in [0.1, 0.15) is 27.2 Å². The number of aliphatic carboxylic acids is 1. The second-order valence-corrected chi connectivity index (χ2v) is 4.11. The number of para-hydroxylation sites is 2. The number of nitrogens with one attached hydrogen (secondary N) is 1. The molecule has 0 fully saturated rings. The smallest absolute Gasteiger partial charge is 0.326 e. The highest BCUT2D eigenvalue weighted by molar-refractivity contribution is 5.78. The highest BCUT2D eigenvalue weighted by Crippen LogP contribution is 2.25. The van der Waals surface area contributed by atoms with Crippen molar-refractivity contribution >= 4 is 11.7 Å². The predicted octanol–water partition coefficient (Wildman–Crippen LogP) is 2.75. The molecule has 0 spiro atoms. The molecule has 1 atom stereocenters. The summed E-state index contributed by atoms with van der Waals surface area (Å²) in [6, 6.07) is 6.78. The molecule has 0 saturated heterocycles. The minimum absolute atomic E-state index is 0.0582. The van der Waals surface area contributed by atoms with E-state index in [1.807, 2.05) is 45.0 Å². The number of benzene rings is 1. The van der Waals surface area contributed by atoms with E-state index in [0.29, 0.717) is 12.2 Å². The number of carboxylic acids is 1. The van der Waals surface area contributed by atoms with E-state index >= 15 is 0 Å². The topological polar surface area (TPSA) is 58.6 Å². The lowest BCUT2D eigenvalue weighted by Gasteiger charge is -2.18. The van der Waals surface area contributed by atoms with E-state index in [0.717, 1.165) is 5.69 Å². The summed E-state index contributed by atoms with van der Waals surface area (Å²) in [7, 11) is 0. The Morgan fingerprint density at radius 1 is 1.41 bits per heavy atom. The van der Waals surface area contributed by atoms with Crippen LogP contribution in [0.2, 0.25) is 0 Å². The number of ether oxygens (including phenoxy) is 1. The molecule has 0 bridgehead atoms. The third kappa shape index (κ3) is 3.98. The van der Waals surface area contributed by atoms with Crippen LogP contribution in [-0.4, -0.2) is 23.2 Å². The SMILES string of the molecule is CCC(Nc1ccccc1OC(C)C)C(=O)O. The fourth-order valence-electron chi connectivity index (χ4n) is 1.47. The largest absolute Gasteiger partial charge is 0.489 e. The summed E-state index contributed by atoms with van der Waals surface area (Å²) in [5, 5.41) is 12.0. The molecular weight excluding hydrogens is 218 g/mol. The molecule has 0 heterocycles. The third-order valence-electron chi connectivity index (χ3n) is 2.29. The minimum Gasteiger partial charge on any atom is -0.489 e. The second kappa shape index (κ2) is 6.13. The number of anilines is 1. The van der Waals surface area contributed by atoms with E-state index < -0.39 is 12.0 Å². The molecule has 0 aliphatic heterocycles. The maximum absolute atomic E-state index is 11.0. The van der Waals surface area contributed by atoms with Gasteiger partial charge < -0.3 is 15.2 Å². The van der Waals surface area contributed by atoms with Gasteiger partial charge in [-0.25, -0.2) is 4.79 Å². The fourth-order valence-corrected chi connectivity index (χ4v) is 1.47. The quantitative estimate of drug-likeness (QED) is 0.798. The lowest BCUT2D eigenvalue weighted by atomic mass is 10.2. The van der Waals surface area contributed by atoms with Crippen molar-refractivity contribution < 1.29 is 14.6 Å². The zero-order valence-corrected chi connectivity index (χ0v) is 10.4. The van der Waals surface area contributed by atoms with Crippen molar-refractivity contribution in [3.63, 3.8) is 0 Å². The lowest BCUT2D eigenvalue weighted by Crippen LogP contribution is -2.28. The number of carbonyl (C=O) groups is 1. The Bertz CT molecular complexity index is 377. The van der Waals surface area contributed by atoms with Crippen molar-refractivity contribution in [1.82, 2.24) is 0 Å². The van der Waals surface area contributed by atoms with Gasteiger partial charge >= 0.3 is 5.97 Å². The molecule has 0 amide bonds. The second-order valence-electron chi connectivity index (χ2n) is 4.11. The Labute approximate surface area is 102 Å². The molecule has 17 heavy (non-hydrogen) atoms. The number of hydrogen-bond acceptors (Lipinski definition) is 3. The molecule has 0 aliphatic carbocycles. The average molecular weight is 237 g/mol. The highest BCUT2D eigenvalue weighted by atomic mass is 16.5. The first-order chi connectivity index (χ1) is 8.04. The average Bonchev–Trinajstić information content (AvgIpc) is 2.26. The Morgan fingerprint density at radius 2 is 2.06 bits per heavy atom. The van der Waals surface area contributed by atoms with Gasteiger partial charge in [-0.15, -0.1) is 0 Å². The summed E-state index contributed by atoms with van der Waals surface area (Å²) in [6.07, 6.45) is 0.577. The lowest BCUT2D eigenvalue weighted by molar-refractivity contribution is -0.137. The molecule has 2 N–H and O–H groups in total. The van der Waals surface area contributed by atoms with Crippen LogP contribution in [0.5, 0.6) is 5.75 Å². The van der Waals surface area contributed by atoms with Crippen molar-refractivity contribution in [2.75, 3.05) is 5.32 Å². The van der Waals surface area contributed by atoms with Crippen LogP contribution in [0.15, 0.2) is 24.3 Å². The molecule has 0 saturated carbocycles. The number of carboxylic acid groups (broad SMARTS) is 1. The Hall–Kier alpha value is -1.71. The number of rotatable bonds is 6. The van der Waals surface area contributed by atoms with Gasteiger partial charge in [0.25, 0.3) is 0 Å². The third-order valence-corrected chi connectivity index (χ3v) is 2.29. The maximum atomic E-state index is 11.0. The van der Waals surface area contributed by atoms with E-state index in [1.165, 1.54) is 0 Å². The molecule has 4 heteroatoms. The van der Waals surface area contributed by atoms with E-state index in [2.05, 4.69) is 5.32 Å². The monoisotopic (exact) mass is 237 g/mol. The van der Waals surface area contributed by atoms with Crippen molar-refractivity contribution in [3.8, 4) is 5.75 Å². The van der Waals surface area contributed by atoms with Crippen LogP contribution in [0, 0.1) is 0 Å². The first-order valence-corrected chi connectivity index (χ1v) is 5.79. The minimum atomic E-state index is -0.855. The normalized spacial score (nSPS) is 12.2. The van der Waals surface area contributed by atoms with Gasteiger partial charge in [-0.1, -0.05) is 19.1 Å². The molecule has 94 valence electrons. The van der Waals surface area contributed by atoms with E-state index in [1.54, 1.807) is 0 Å². The maximum Gasteiger partial charge on any atom is 0.326 e. The van der Waals surface area contributed by atoms with Crippen LogP contribution < -0.4 is 10.1 Å². The van der Waals surface area contributed by atoms with Gasteiger partial charge in [0.15, 0.2) is 0 Å². The predicted molar refractivity (Wildman–Crippen MR) is 67.5 cm³/mol. The van der Waals surface area contributed by atoms with Crippen LogP contribution in [-0.2, 0) is 4.79 Å². The molecule has 1 rings (SSSR count). The molecule has 4 nitrogen and oxygen atoms in total. The van der Waals surface area contributed by atoms with Crippen molar-refractivity contribution in [2.45, 2.75) is 39.3 Å².